The smallest absolute Gasteiger partial charge is 0.174 e. The summed E-state index contributed by atoms with van der Waals surface area (Å²) in [7, 11) is 0. The molecule has 1 aliphatic heterocycles. The Hall–Kier alpha value is -1.86. The number of aliphatic hydroxyl groups is 3. The zero-order valence-electron chi connectivity index (χ0n) is 19.7. The Labute approximate surface area is 194 Å². The molecular formula is C27H34O6. The summed E-state index contributed by atoms with van der Waals surface area (Å²) in [5, 5.41) is 35.2. The van der Waals surface area contributed by atoms with Crippen molar-refractivity contribution < 1.29 is 29.6 Å². The lowest BCUT2D eigenvalue weighted by Gasteiger charge is -2.64. The van der Waals surface area contributed by atoms with Gasteiger partial charge in [0.2, 0.25) is 0 Å². The summed E-state index contributed by atoms with van der Waals surface area (Å²) in [4.78, 5) is 28.2. The van der Waals surface area contributed by atoms with Crippen molar-refractivity contribution in [3.05, 3.63) is 47.0 Å². The van der Waals surface area contributed by atoms with Crippen LogP contribution in [0.3, 0.4) is 0 Å². The van der Waals surface area contributed by atoms with E-state index in [0.717, 1.165) is 5.57 Å². The van der Waals surface area contributed by atoms with Crippen LogP contribution in [-0.2, 0) is 9.53 Å². The molecule has 33 heavy (non-hydrogen) atoms. The molecule has 1 aromatic rings. The van der Waals surface area contributed by atoms with Crippen LogP contribution >= 0.6 is 0 Å². The first kappa shape index (κ1) is 22.9. The van der Waals surface area contributed by atoms with Crippen LogP contribution in [0.5, 0.6) is 0 Å². The van der Waals surface area contributed by atoms with E-state index in [0.29, 0.717) is 30.6 Å². The summed E-state index contributed by atoms with van der Waals surface area (Å²) in [5.41, 5.74) is -2.05. The van der Waals surface area contributed by atoms with Gasteiger partial charge < -0.3 is 20.1 Å². The SMILES string of the molecule is CC1=C2[C@@H](O)C(=O)[C@@]3(C)C(C4COC4C[C@@H]3O)[C@H](C(=O)c3ccccc3)[C@](O)(CC1)C2(C)C. The van der Waals surface area contributed by atoms with Gasteiger partial charge >= 0.3 is 0 Å². The van der Waals surface area contributed by atoms with Crippen molar-refractivity contribution in [1.82, 2.24) is 0 Å². The van der Waals surface area contributed by atoms with E-state index in [-0.39, 0.29) is 24.2 Å². The highest BCUT2D eigenvalue weighted by Gasteiger charge is 2.71. The van der Waals surface area contributed by atoms with Crippen molar-refractivity contribution in [3.8, 4) is 0 Å². The van der Waals surface area contributed by atoms with Crippen LogP contribution in [-0.4, -0.2) is 57.4 Å². The van der Waals surface area contributed by atoms with Crippen molar-refractivity contribution in [3.63, 3.8) is 0 Å². The number of Topliss-reactive ketones (excluding diaryl/α,β-unsaturated/α-hetero) is 2. The number of carbonyl (C=O) groups excluding carboxylic acids is 2. The van der Waals surface area contributed by atoms with E-state index in [9.17, 15) is 24.9 Å². The molecule has 8 atom stereocenters. The van der Waals surface area contributed by atoms with E-state index in [1.807, 2.05) is 26.8 Å². The quantitative estimate of drug-likeness (QED) is 0.469. The lowest BCUT2D eigenvalue weighted by atomic mass is 9.43. The minimum atomic E-state index is -1.50. The van der Waals surface area contributed by atoms with Gasteiger partial charge in [-0.1, -0.05) is 49.8 Å². The maximum absolute atomic E-state index is 14.2. The molecular weight excluding hydrogens is 420 g/mol. The topological polar surface area (TPSA) is 104 Å². The second-order valence-electron chi connectivity index (χ2n) is 11.3. The Balaban J connectivity index is 1.81. The first-order valence-corrected chi connectivity index (χ1v) is 12.0. The van der Waals surface area contributed by atoms with Crippen LogP contribution in [0.25, 0.3) is 0 Å². The Bertz CT molecular complexity index is 1030. The maximum atomic E-state index is 14.2. The Morgan fingerprint density at radius 3 is 2.39 bits per heavy atom. The van der Waals surface area contributed by atoms with Crippen molar-refractivity contribution >= 4 is 11.6 Å². The zero-order valence-corrected chi connectivity index (χ0v) is 19.7. The van der Waals surface area contributed by atoms with Gasteiger partial charge in [0, 0.05) is 23.3 Å². The molecule has 4 aliphatic rings. The summed E-state index contributed by atoms with van der Waals surface area (Å²) in [6.07, 6.45) is -1.65. The number of hydrogen-bond donors (Lipinski definition) is 3. The average Bonchev–Trinajstić information content (AvgIpc) is 2.76. The van der Waals surface area contributed by atoms with Crippen molar-refractivity contribution in [2.45, 2.75) is 70.9 Å². The minimum absolute atomic E-state index is 0.152. The molecule has 3 N–H and O–H groups in total. The van der Waals surface area contributed by atoms with E-state index >= 15 is 0 Å². The van der Waals surface area contributed by atoms with E-state index in [1.165, 1.54) is 0 Å². The highest BCUT2D eigenvalue weighted by atomic mass is 16.5. The van der Waals surface area contributed by atoms with E-state index in [1.54, 1.807) is 31.2 Å². The third-order valence-corrected chi connectivity index (χ3v) is 9.65. The summed E-state index contributed by atoms with van der Waals surface area (Å²) < 4.78 is 5.74. The molecule has 5 rings (SSSR count). The molecule has 6 heteroatoms. The molecule has 1 heterocycles. The first-order valence-electron chi connectivity index (χ1n) is 12.0. The second kappa shape index (κ2) is 7.32. The molecule has 2 saturated carbocycles. The standard InChI is InChI=1S/C27H34O6/c1-14-10-11-27(32)21(22(29)15-8-6-5-7-9-15)20-16-13-33-17(16)12-18(28)26(20,4)24(31)23(30)19(14)25(27,2)3/h5-9,16-18,20-21,23,28,30,32H,10-13H2,1-4H3/t16?,17?,18-,20?,21+,23+,26+,27+/m0/s1. The number of ether oxygens (including phenoxy) is 1. The third kappa shape index (κ3) is 2.81. The highest BCUT2D eigenvalue weighted by Crippen LogP contribution is 2.63. The molecule has 0 aromatic heterocycles. The van der Waals surface area contributed by atoms with Gasteiger partial charge in [-0.15, -0.1) is 0 Å². The summed E-state index contributed by atoms with van der Waals surface area (Å²) >= 11 is 0. The largest absolute Gasteiger partial charge is 0.392 e. The van der Waals surface area contributed by atoms with Gasteiger partial charge in [-0.25, -0.2) is 0 Å². The summed E-state index contributed by atoms with van der Waals surface area (Å²) in [6, 6.07) is 8.90. The molecule has 3 fully saturated rings. The zero-order chi connectivity index (χ0) is 23.9. The van der Waals surface area contributed by atoms with Gasteiger partial charge in [0.15, 0.2) is 11.6 Å². The Morgan fingerprint density at radius 2 is 1.79 bits per heavy atom. The third-order valence-electron chi connectivity index (χ3n) is 9.65. The lowest BCUT2D eigenvalue weighted by molar-refractivity contribution is -0.253. The predicted molar refractivity (Wildman–Crippen MR) is 121 cm³/mol. The van der Waals surface area contributed by atoms with Gasteiger partial charge in [0.1, 0.15) is 6.10 Å². The van der Waals surface area contributed by atoms with E-state index < -0.39 is 46.3 Å². The van der Waals surface area contributed by atoms with Gasteiger partial charge in [0.25, 0.3) is 0 Å². The minimum Gasteiger partial charge on any atom is -0.392 e. The number of rotatable bonds is 2. The summed E-state index contributed by atoms with van der Waals surface area (Å²) in [6.45, 7) is 7.61. The van der Waals surface area contributed by atoms with E-state index in [2.05, 4.69) is 0 Å². The fourth-order valence-electron chi connectivity index (χ4n) is 7.57. The van der Waals surface area contributed by atoms with Gasteiger partial charge in [-0.3, -0.25) is 9.59 Å². The molecule has 178 valence electrons. The number of hydrogen-bond acceptors (Lipinski definition) is 6. The maximum Gasteiger partial charge on any atom is 0.174 e. The van der Waals surface area contributed by atoms with Crippen LogP contribution in [0.4, 0.5) is 0 Å². The Morgan fingerprint density at radius 1 is 1.12 bits per heavy atom. The molecule has 0 amide bonds. The number of ketones is 2. The number of carbonyl (C=O) groups is 2. The average molecular weight is 455 g/mol. The number of allylic oxidation sites excluding steroid dienone is 1. The first-order chi connectivity index (χ1) is 15.5. The fraction of sp³-hybridized carbons (Fsp3) is 0.630. The van der Waals surface area contributed by atoms with Crippen LogP contribution in [0.2, 0.25) is 0 Å². The monoisotopic (exact) mass is 454 g/mol. The highest BCUT2D eigenvalue weighted by molar-refractivity contribution is 6.01. The van der Waals surface area contributed by atoms with Gasteiger partial charge in [0.05, 0.1) is 35.7 Å². The molecule has 1 aromatic carbocycles. The molecule has 2 bridgehead atoms. The second-order valence-corrected chi connectivity index (χ2v) is 11.3. The van der Waals surface area contributed by atoms with Crippen LogP contribution in [0, 0.1) is 28.6 Å². The van der Waals surface area contributed by atoms with Crippen molar-refractivity contribution in [1.29, 1.82) is 0 Å². The van der Waals surface area contributed by atoms with Crippen LogP contribution < -0.4 is 0 Å². The number of aliphatic hydroxyl groups excluding tert-OH is 2. The van der Waals surface area contributed by atoms with Gasteiger partial charge in [-0.05, 0) is 38.2 Å². The fourth-order valence-corrected chi connectivity index (χ4v) is 7.57. The Kier molecular flexibility index (Phi) is 5.08. The normalized spacial score (nSPS) is 44.2. The van der Waals surface area contributed by atoms with Crippen molar-refractivity contribution in [2.24, 2.45) is 28.6 Å². The number of benzene rings is 1. The lowest BCUT2D eigenvalue weighted by Crippen LogP contribution is -2.72. The van der Waals surface area contributed by atoms with Gasteiger partial charge in [-0.2, -0.15) is 0 Å². The van der Waals surface area contributed by atoms with Crippen LogP contribution in [0.1, 0.15) is 57.3 Å². The molecule has 0 spiro atoms. The molecule has 6 nitrogen and oxygen atoms in total. The number of fused-ring (bicyclic) bond motifs is 5. The van der Waals surface area contributed by atoms with Crippen LogP contribution in [0.15, 0.2) is 41.5 Å². The summed E-state index contributed by atoms with van der Waals surface area (Å²) in [5.74, 6) is -2.40. The van der Waals surface area contributed by atoms with Crippen molar-refractivity contribution in [2.75, 3.05) is 6.61 Å². The van der Waals surface area contributed by atoms with E-state index in [4.69, 9.17) is 4.74 Å². The predicted octanol–water partition coefficient (Wildman–Crippen LogP) is 2.70. The molecule has 3 unspecified atom stereocenters. The molecule has 1 saturated heterocycles. The molecule has 3 aliphatic carbocycles. The molecule has 0 radical (unpaired) electrons.